The summed E-state index contributed by atoms with van der Waals surface area (Å²) in [5, 5.41) is 0. The molecule has 0 aliphatic carbocycles. The highest BCUT2D eigenvalue weighted by molar-refractivity contribution is 7.99. The quantitative estimate of drug-likeness (QED) is 0.872. The van der Waals surface area contributed by atoms with E-state index in [0.717, 1.165) is 25.2 Å². The first-order chi connectivity index (χ1) is 10.00. The molecule has 118 valence electrons. The lowest BCUT2D eigenvalue weighted by molar-refractivity contribution is 0.294. The van der Waals surface area contributed by atoms with E-state index in [9.17, 15) is 8.42 Å². The van der Waals surface area contributed by atoms with Crippen LogP contribution in [-0.2, 0) is 16.6 Å². The molecule has 1 saturated heterocycles. The fourth-order valence-electron chi connectivity index (χ4n) is 2.38. The van der Waals surface area contributed by atoms with Gasteiger partial charge in [-0.3, -0.25) is 9.62 Å². The van der Waals surface area contributed by atoms with Crippen LogP contribution in [0.2, 0.25) is 0 Å². The zero-order valence-corrected chi connectivity index (χ0v) is 14.4. The van der Waals surface area contributed by atoms with Crippen molar-refractivity contribution in [2.24, 2.45) is 0 Å². The van der Waals surface area contributed by atoms with Crippen LogP contribution < -0.4 is 4.72 Å². The molecule has 0 bridgehead atoms. The summed E-state index contributed by atoms with van der Waals surface area (Å²) >= 11 is 1.99. The molecule has 0 saturated carbocycles. The van der Waals surface area contributed by atoms with E-state index < -0.39 is 10.0 Å². The second-order valence-electron chi connectivity index (χ2n) is 5.46. The standard InChI is InChI=1S/C15H24N2O2S2/c1-3-10-21(18,19)16-15-11-14(5-4-13(15)2)12-17-6-8-20-9-7-17/h4-5,11,16H,3,6-10,12H2,1-2H3. The van der Waals surface area contributed by atoms with E-state index in [0.29, 0.717) is 12.1 Å². The predicted molar refractivity (Wildman–Crippen MR) is 91.5 cm³/mol. The van der Waals surface area contributed by atoms with Crippen molar-refractivity contribution < 1.29 is 8.42 Å². The SMILES string of the molecule is CCCS(=O)(=O)Nc1cc(CN2CCSCC2)ccc1C. The molecule has 1 heterocycles. The molecular formula is C15H24N2O2S2. The van der Waals surface area contributed by atoms with Gasteiger partial charge in [0.05, 0.1) is 11.4 Å². The minimum Gasteiger partial charge on any atom is -0.297 e. The maximum Gasteiger partial charge on any atom is 0.232 e. The van der Waals surface area contributed by atoms with Gasteiger partial charge in [-0.15, -0.1) is 0 Å². The lowest BCUT2D eigenvalue weighted by atomic mass is 10.1. The van der Waals surface area contributed by atoms with Crippen molar-refractivity contribution in [3.8, 4) is 0 Å². The van der Waals surface area contributed by atoms with Crippen molar-refractivity contribution in [2.45, 2.75) is 26.8 Å². The fraction of sp³-hybridized carbons (Fsp3) is 0.600. The van der Waals surface area contributed by atoms with Crippen molar-refractivity contribution in [3.05, 3.63) is 29.3 Å². The molecule has 1 N–H and O–H groups in total. The number of hydrogen-bond acceptors (Lipinski definition) is 4. The minimum atomic E-state index is -3.22. The highest BCUT2D eigenvalue weighted by atomic mass is 32.2. The van der Waals surface area contributed by atoms with Gasteiger partial charge >= 0.3 is 0 Å². The smallest absolute Gasteiger partial charge is 0.232 e. The Hall–Kier alpha value is -0.720. The molecule has 0 aromatic heterocycles. The molecular weight excluding hydrogens is 304 g/mol. The maximum atomic E-state index is 11.9. The molecule has 0 unspecified atom stereocenters. The van der Waals surface area contributed by atoms with Crippen LogP contribution in [0.25, 0.3) is 0 Å². The van der Waals surface area contributed by atoms with Crippen LogP contribution in [-0.4, -0.2) is 43.7 Å². The third kappa shape index (κ3) is 5.20. The van der Waals surface area contributed by atoms with Crippen molar-refractivity contribution in [1.29, 1.82) is 0 Å². The van der Waals surface area contributed by atoms with Crippen LogP contribution in [0.3, 0.4) is 0 Å². The first kappa shape index (κ1) is 16.6. The molecule has 1 aliphatic heterocycles. The largest absolute Gasteiger partial charge is 0.297 e. The van der Waals surface area contributed by atoms with Gasteiger partial charge in [0.1, 0.15) is 0 Å². The Labute approximate surface area is 132 Å². The van der Waals surface area contributed by atoms with Gasteiger partial charge in [0.25, 0.3) is 0 Å². The molecule has 6 heteroatoms. The molecule has 1 fully saturated rings. The molecule has 21 heavy (non-hydrogen) atoms. The number of rotatable bonds is 6. The zero-order chi connectivity index (χ0) is 15.3. The van der Waals surface area contributed by atoms with Crippen LogP contribution >= 0.6 is 11.8 Å². The van der Waals surface area contributed by atoms with E-state index in [1.807, 2.05) is 37.7 Å². The summed E-state index contributed by atoms with van der Waals surface area (Å²) in [6.45, 7) is 6.91. The average molecular weight is 329 g/mol. The molecule has 1 aliphatic rings. The van der Waals surface area contributed by atoms with E-state index in [1.165, 1.54) is 17.1 Å². The molecule has 0 radical (unpaired) electrons. The van der Waals surface area contributed by atoms with Gasteiger partial charge in [-0.25, -0.2) is 8.42 Å². The number of benzene rings is 1. The van der Waals surface area contributed by atoms with Crippen LogP contribution in [0.1, 0.15) is 24.5 Å². The summed E-state index contributed by atoms with van der Waals surface area (Å²) in [4.78, 5) is 2.42. The number of sulfonamides is 1. The van der Waals surface area contributed by atoms with Crippen molar-refractivity contribution in [1.82, 2.24) is 4.90 Å². The van der Waals surface area contributed by atoms with E-state index in [-0.39, 0.29) is 5.75 Å². The number of hydrogen-bond donors (Lipinski definition) is 1. The summed E-state index contributed by atoms with van der Waals surface area (Å²) in [5.41, 5.74) is 2.85. The minimum absolute atomic E-state index is 0.167. The topological polar surface area (TPSA) is 49.4 Å². The van der Waals surface area contributed by atoms with E-state index in [1.54, 1.807) is 0 Å². The first-order valence-electron chi connectivity index (χ1n) is 7.40. The fourth-order valence-corrected chi connectivity index (χ4v) is 4.56. The maximum absolute atomic E-state index is 11.9. The van der Waals surface area contributed by atoms with Gasteiger partial charge in [-0.05, 0) is 30.5 Å². The number of nitrogens with zero attached hydrogens (tertiary/aromatic N) is 1. The van der Waals surface area contributed by atoms with Crippen LogP contribution in [0, 0.1) is 6.92 Å². The Bertz CT molecular complexity index is 567. The third-order valence-electron chi connectivity index (χ3n) is 3.55. The number of anilines is 1. The highest BCUT2D eigenvalue weighted by Crippen LogP contribution is 2.21. The van der Waals surface area contributed by atoms with Crippen LogP contribution in [0.15, 0.2) is 18.2 Å². The molecule has 0 spiro atoms. The second-order valence-corrected chi connectivity index (χ2v) is 8.53. The van der Waals surface area contributed by atoms with Crippen LogP contribution in [0.4, 0.5) is 5.69 Å². The van der Waals surface area contributed by atoms with Crippen LogP contribution in [0.5, 0.6) is 0 Å². The second kappa shape index (κ2) is 7.51. The summed E-state index contributed by atoms with van der Waals surface area (Å²) in [6.07, 6.45) is 0.625. The average Bonchev–Trinajstić information content (AvgIpc) is 2.43. The molecule has 0 amide bonds. The van der Waals surface area contributed by atoms with Crippen molar-refractivity contribution >= 4 is 27.5 Å². The van der Waals surface area contributed by atoms with Gasteiger partial charge in [0, 0.05) is 31.1 Å². The predicted octanol–water partition coefficient (Wildman–Crippen LogP) is 2.70. The normalized spacial score (nSPS) is 16.9. The van der Waals surface area contributed by atoms with Gasteiger partial charge in [0.15, 0.2) is 0 Å². The van der Waals surface area contributed by atoms with E-state index >= 15 is 0 Å². The molecule has 2 rings (SSSR count). The summed E-state index contributed by atoms with van der Waals surface area (Å²) in [6, 6.07) is 6.07. The van der Waals surface area contributed by atoms with Gasteiger partial charge in [-0.2, -0.15) is 11.8 Å². The number of nitrogens with one attached hydrogen (secondary N) is 1. The zero-order valence-electron chi connectivity index (χ0n) is 12.8. The summed E-state index contributed by atoms with van der Waals surface area (Å²) in [5.74, 6) is 2.53. The Morgan fingerprint density at radius 1 is 1.29 bits per heavy atom. The molecule has 0 atom stereocenters. The number of thioether (sulfide) groups is 1. The van der Waals surface area contributed by atoms with E-state index in [2.05, 4.69) is 15.7 Å². The lowest BCUT2D eigenvalue weighted by Gasteiger charge is -2.26. The summed E-state index contributed by atoms with van der Waals surface area (Å²) in [7, 11) is -3.22. The Morgan fingerprint density at radius 2 is 2.00 bits per heavy atom. The summed E-state index contributed by atoms with van der Waals surface area (Å²) < 4.78 is 26.6. The van der Waals surface area contributed by atoms with Gasteiger partial charge in [0.2, 0.25) is 10.0 Å². The Balaban J connectivity index is 2.09. The molecule has 4 nitrogen and oxygen atoms in total. The van der Waals surface area contributed by atoms with Gasteiger partial charge in [-0.1, -0.05) is 19.1 Å². The molecule has 1 aromatic rings. The first-order valence-corrected chi connectivity index (χ1v) is 10.2. The lowest BCUT2D eigenvalue weighted by Crippen LogP contribution is -2.32. The Kier molecular flexibility index (Phi) is 5.96. The molecule has 1 aromatic carbocycles. The van der Waals surface area contributed by atoms with Gasteiger partial charge < -0.3 is 0 Å². The van der Waals surface area contributed by atoms with Crippen molar-refractivity contribution in [3.63, 3.8) is 0 Å². The monoisotopic (exact) mass is 328 g/mol. The van der Waals surface area contributed by atoms with E-state index in [4.69, 9.17) is 0 Å². The third-order valence-corrected chi connectivity index (χ3v) is 5.97. The Morgan fingerprint density at radius 3 is 2.67 bits per heavy atom. The van der Waals surface area contributed by atoms with Crippen molar-refractivity contribution in [2.75, 3.05) is 35.1 Å². The number of aryl methyl sites for hydroxylation is 1. The highest BCUT2D eigenvalue weighted by Gasteiger charge is 2.13.